The lowest BCUT2D eigenvalue weighted by Crippen LogP contribution is -2.44. The Hall–Kier alpha value is -3.29. The highest BCUT2D eigenvalue weighted by Crippen LogP contribution is 2.75. The Balaban J connectivity index is 1.53. The van der Waals surface area contributed by atoms with E-state index in [4.69, 9.17) is 19.8 Å². The number of hydrogen-bond acceptors (Lipinski definition) is 8. The lowest BCUT2D eigenvalue weighted by atomic mass is 10.1. The first-order valence-electron chi connectivity index (χ1n) is 12.8. The molecule has 2 fully saturated rings. The second-order valence-electron chi connectivity index (χ2n) is 9.71. The van der Waals surface area contributed by atoms with Gasteiger partial charge in [0.1, 0.15) is 16.4 Å². The molecule has 2 aliphatic rings. The predicted octanol–water partition coefficient (Wildman–Crippen LogP) is 4.42. The average Bonchev–Trinajstić information content (AvgIpc) is 3.76. The van der Waals surface area contributed by atoms with E-state index in [1.54, 1.807) is 36.4 Å². The number of rotatable bonds is 8. The van der Waals surface area contributed by atoms with Gasteiger partial charge in [-0.2, -0.15) is 10.6 Å². The largest absolute Gasteiger partial charge is 0.395 e. The summed E-state index contributed by atoms with van der Waals surface area (Å²) in [5.41, 5.74) is 1.66. The van der Waals surface area contributed by atoms with Crippen molar-refractivity contribution in [2.75, 3.05) is 43.1 Å². The van der Waals surface area contributed by atoms with Crippen molar-refractivity contribution < 1.29 is 28.1 Å². The molecule has 3 aromatic rings. The van der Waals surface area contributed by atoms with Gasteiger partial charge in [-0.3, -0.25) is 9.11 Å². The second kappa shape index (κ2) is 11.1. The highest BCUT2D eigenvalue weighted by molar-refractivity contribution is 8.25. The van der Waals surface area contributed by atoms with Crippen LogP contribution >= 0.6 is 10.6 Å². The number of aromatic nitrogens is 2. The summed E-state index contributed by atoms with van der Waals surface area (Å²) in [6, 6.07) is 14.1. The molecule has 12 heteroatoms. The van der Waals surface area contributed by atoms with Crippen molar-refractivity contribution in [2.24, 2.45) is 0 Å². The van der Waals surface area contributed by atoms with Crippen molar-refractivity contribution in [3.05, 3.63) is 66.1 Å². The molecule has 39 heavy (non-hydrogen) atoms. The van der Waals surface area contributed by atoms with Crippen LogP contribution in [-0.4, -0.2) is 69.2 Å². The summed E-state index contributed by atoms with van der Waals surface area (Å²) in [4.78, 5) is 23.5. The molecule has 1 atom stereocenters. The molecule has 0 radical (unpaired) electrons. The molecule has 1 saturated heterocycles. The van der Waals surface area contributed by atoms with Crippen LogP contribution in [0.25, 0.3) is 11.4 Å². The van der Waals surface area contributed by atoms with E-state index in [2.05, 4.69) is 15.5 Å². The summed E-state index contributed by atoms with van der Waals surface area (Å²) in [7, 11) is -3.58. The molecule has 0 bridgehead atoms. The number of morpholine rings is 1. The van der Waals surface area contributed by atoms with Gasteiger partial charge in [0.05, 0.1) is 36.5 Å². The van der Waals surface area contributed by atoms with Crippen molar-refractivity contribution in [3.63, 3.8) is 0 Å². The van der Waals surface area contributed by atoms with E-state index in [0.29, 0.717) is 61.2 Å². The third-order valence-corrected chi connectivity index (χ3v) is 9.68. The Bertz CT molecular complexity index is 1340. The van der Waals surface area contributed by atoms with Crippen LogP contribution in [0.1, 0.15) is 25.5 Å². The quantitative estimate of drug-likeness (QED) is 0.274. The van der Waals surface area contributed by atoms with Crippen molar-refractivity contribution in [3.8, 4) is 11.4 Å². The number of nitrogens with one attached hydrogen (secondary N) is 2. The third-order valence-electron chi connectivity index (χ3n) is 7.03. The molecule has 208 valence electrons. The van der Waals surface area contributed by atoms with E-state index in [9.17, 15) is 18.3 Å². The first kappa shape index (κ1) is 27.3. The Morgan fingerprint density at radius 2 is 1.92 bits per heavy atom. The Morgan fingerprint density at radius 3 is 2.59 bits per heavy atom. The van der Waals surface area contributed by atoms with E-state index in [1.807, 2.05) is 6.92 Å². The van der Waals surface area contributed by atoms with Gasteiger partial charge in [-0.25, -0.2) is 19.2 Å². The average molecular weight is 558 g/mol. The number of ether oxygens (including phenoxy) is 1. The first-order chi connectivity index (χ1) is 18.7. The van der Waals surface area contributed by atoms with Crippen LogP contribution in [0.5, 0.6) is 0 Å². The van der Waals surface area contributed by atoms with E-state index in [0.717, 1.165) is 0 Å². The molecule has 1 aliphatic carbocycles. The van der Waals surface area contributed by atoms with Crippen LogP contribution in [0.15, 0.2) is 59.5 Å². The fourth-order valence-electron chi connectivity index (χ4n) is 4.75. The lowest BCUT2D eigenvalue weighted by Gasteiger charge is -2.41. The summed E-state index contributed by atoms with van der Waals surface area (Å²) < 4.78 is 42.1. The van der Waals surface area contributed by atoms with Gasteiger partial charge < -0.3 is 25.4 Å². The number of halogens is 1. The summed E-state index contributed by atoms with van der Waals surface area (Å²) >= 11 is 0. The number of amides is 2. The number of carbonyl (C=O) groups excluding carboxylic acids is 1. The number of anilines is 2. The van der Waals surface area contributed by atoms with Gasteiger partial charge in [-0.15, -0.1) is 0 Å². The fraction of sp³-hybridized carbons (Fsp3) is 0.370. The molecule has 1 aromatic heterocycles. The number of carbonyl (C=O) groups is 1. The monoisotopic (exact) mass is 557 g/mol. The number of hydrogen-bond donors (Lipinski definition) is 5. The standard InChI is InChI=1S/C27H32FN5O5S/c1-18-17-38-15-13-33(18)24-16-23(27(10-11-27)39(36,37)22-5-3-2-4-21(22)28)31-25(32-24)19-6-8-20(9-7-19)30-26(35)29-12-14-34/h2-9,16,18,34,36-37H,10-15,17H2,1H3,(H2,29,30,35)/t18-/m0/s1. The van der Waals surface area contributed by atoms with Crippen LogP contribution in [0.3, 0.4) is 0 Å². The molecule has 2 amide bonds. The molecule has 10 nitrogen and oxygen atoms in total. The van der Waals surface area contributed by atoms with Crippen molar-refractivity contribution in [1.82, 2.24) is 15.3 Å². The van der Waals surface area contributed by atoms with Gasteiger partial charge in [-0.1, -0.05) is 12.1 Å². The molecule has 1 aliphatic heterocycles. The summed E-state index contributed by atoms with van der Waals surface area (Å²) in [5, 5.41) is 14.1. The van der Waals surface area contributed by atoms with Crippen LogP contribution in [0, 0.1) is 5.82 Å². The fourth-order valence-corrected chi connectivity index (χ4v) is 6.84. The zero-order chi connectivity index (χ0) is 27.6. The summed E-state index contributed by atoms with van der Waals surface area (Å²) in [6.07, 6.45) is 0.897. The highest BCUT2D eigenvalue weighted by atomic mass is 32.3. The summed E-state index contributed by atoms with van der Waals surface area (Å²) in [6.45, 7) is 3.69. The van der Waals surface area contributed by atoms with E-state index < -0.39 is 27.2 Å². The normalized spacial score (nSPS) is 18.9. The van der Waals surface area contributed by atoms with Gasteiger partial charge >= 0.3 is 6.03 Å². The van der Waals surface area contributed by atoms with E-state index >= 15 is 0 Å². The number of benzene rings is 2. The maximum absolute atomic E-state index is 14.7. The molecule has 0 spiro atoms. The van der Waals surface area contributed by atoms with Crippen LogP contribution < -0.4 is 15.5 Å². The topological polar surface area (TPSA) is 140 Å². The molecular formula is C27H32FN5O5S. The zero-order valence-corrected chi connectivity index (χ0v) is 22.3. The van der Waals surface area contributed by atoms with Crippen molar-refractivity contribution >= 4 is 28.1 Å². The van der Waals surface area contributed by atoms with Crippen LogP contribution in [0.4, 0.5) is 20.7 Å². The number of nitrogens with zero attached hydrogens (tertiary/aromatic N) is 3. The molecule has 5 rings (SSSR count). The van der Waals surface area contributed by atoms with Gasteiger partial charge in [-0.05, 0) is 56.2 Å². The molecular weight excluding hydrogens is 525 g/mol. The smallest absolute Gasteiger partial charge is 0.319 e. The minimum absolute atomic E-state index is 0.0421. The lowest BCUT2D eigenvalue weighted by molar-refractivity contribution is 0.0985. The van der Waals surface area contributed by atoms with E-state index in [-0.39, 0.29) is 24.1 Å². The molecule has 2 aromatic carbocycles. The Kier molecular flexibility index (Phi) is 7.74. The first-order valence-corrected chi connectivity index (χ1v) is 14.3. The third kappa shape index (κ3) is 5.43. The van der Waals surface area contributed by atoms with Gasteiger partial charge in [0.25, 0.3) is 0 Å². The SMILES string of the molecule is C[C@H]1COCCN1c1cc(C2(S(O)(O)c3ccccc3F)CC2)nc(-c2ccc(NC(=O)NCCO)cc2)n1. The maximum Gasteiger partial charge on any atom is 0.319 e. The van der Waals surface area contributed by atoms with Crippen molar-refractivity contribution in [2.45, 2.75) is 35.4 Å². The van der Waals surface area contributed by atoms with E-state index in [1.165, 1.54) is 18.2 Å². The van der Waals surface area contributed by atoms with Crippen LogP contribution in [0.2, 0.25) is 0 Å². The number of aliphatic hydroxyl groups is 1. The second-order valence-corrected chi connectivity index (χ2v) is 12.0. The van der Waals surface area contributed by atoms with Gasteiger partial charge in [0.15, 0.2) is 5.82 Å². The minimum atomic E-state index is -3.58. The van der Waals surface area contributed by atoms with Crippen molar-refractivity contribution in [1.29, 1.82) is 0 Å². The maximum atomic E-state index is 14.7. The molecule has 1 saturated carbocycles. The Labute approximate surface area is 227 Å². The predicted molar refractivity (Wildman–Crippen MR) is 148 cm³/mol. The minimum Gasteiger partial charge on any atom is -0.395 e. The number of urea groups is 1. The van der Waals surface area contributed by atoms with Gasteiger partial charge in [0, 0.05) is 30.4 Å². The summed E-state index contributed by atoms with van der Waals surface area (Å²) in [5.74, 6) is 0.352. The molecule has 5 N–H and O–H groups in total. The Morgan fingerprint density at radius 1 is 1.18 bits per heavy atom. The molecule has 0 unspecified atom stereocenters. The molecule has 2 heterocycles. The zero-order valence-electron chi connectivity index (χ0n) is 21.5. The van der Waals surface area contributed by atoms with Crippen LogP contribution in [-0.2, 0) is 9.48 Å². The number of aliphatic hydroxyl groups excluding tert-OH is 1. The van der Waals surface area contributed by atoms with Gasteiger partial charge in [0.2, 0.25) is 0 Å². The highest BCUT2D eigenvalue weighted by Gasteiger charge is 2.58.